The summed E-state index contributed by atoms with van der Waals surface area (Å²) in [4.78, 5) is 18.8. The van der Waals surface area contributed by atoms with E-state index in [2.05, 4.69) is 9.97 Å². The molecule has 1 aromatic rings. The van der Waals surface area contributed by atoms with Crippen LogP contribution in [0, 0.1) is 6.92 Å². The molecule has 0 aliphatic carbocycles. The third kappa shape index (κ3) is 2.15. The molecule has 13 heavy (non-hydrogen) atoms. The molecular weight excluding hydrogens is 192 g/mol. The number of carbonyl (C=O) groups is 1. The summed E-state index contributed by atoms with van der Waals surface area (Å²) in [5, 5.41) is 0.276. The first-order chi connectivity index (χ1) is 6.16. The average molecular weight is 201 g/mol. The molecule has 0 N–H and O–H groups in total. The highest BCUT2D eigenvalue weighted by Crippen LogP contribution is 2.14. The van der Waals surface area contributed by atoms with E-state index in [0.29, 0.717) is 12.2 Å². The van der Waals surface area contributed by atoms with Crippen LogP contribution in [-0.4, -0.2) is 22.5 Å². The molecule has 1 rings (SSSR count). The lowest BCUT2D eigenvalue weighted by Crippen LogP contribution is -2.09. The van der Waals surface area contributed by atoms with Gasteiger partial charge in [0.25, 0.3) is 0 Å². The molecule has 0 amide bonds. The normalized spacial score (nSPS) is 9.77. The van der Waals surface area contributed by atoms with Gasteiger partial charge in [-0.2, -0.15) is 0 Å². The molecule has 0 spiro atoms. The Kier molecular flexibility index (Phi) is 3.19. The molecule has 0 atom stereocenters. The van der Waals surface area contributed by atoms with Gasteiger partial charge in [0.2, 0.25) is 0 Å². The molecule has 0 saturated heterocycles. The number of ether oxygens (including phenoxy) is 1. The Morgan fingerprint density at radius 2 is 2.31 bits per heavy atom. The topological polar surface area (TPSA) is 52.1 Å². The van der Waals surface area contributed by atoms with Crippen molar-refractivity contribution in [1.29, 1.82) is 0 Å². The molecule has 0 aromatic carbocycles. The fourth-order valence-electron chi connectivity index (χ4n) is 0.834. The fourth-order valence-corrected chi connectivity index (χ4v) is 0.967. The number of carbonyl (C=O) groups excluding carboxylic acids is 1. The lowest BCUT2D eigenvalue weighted by molar-refractivity contribution is 0.0518. The minimum Gasteiger partial charge on any atom is -0.461 e. The molecule has 0 aliphatic rings. The second-order valence-corrected chi connectivity index (χ2v) is 2.72. The van der Waals surface area contributed by atoms with Crippen molar-refractivity contribution < 1.29 is 9.53 Å². The Bertz CT molecular complexity index is 328. The summed E-state index contributed by atoms with van der Waals surface area (Å²) >= 11 is 5.70. The summed E-state index contributed by atoms with van der Waals surface area (Å²) in [5.74, 6) is -0.468. The third-order valence-corrected chi connectivity index (χ3v) is 1.87. The second-order valence-electron chi connectivity index (χ2n) is 2.36. The van der Waals surface area contributed by atoms with Crippen LogP contribution in [0.1, 0.15) is 23.0 Å². The van der Waals surface area contributed by atoms with Crippen LogP contribution in [0.4, 0.5) is 0 Å². The molecule has 0 aliphatic heterocycles. The van der Waals surface area contributed by atoms with Crippen molar-refractivity contribution in [3.63, 3.8) is 0 Å². The van der Waals surface area contributed by atoms with Crippen molar-refractivity contribution in [3.05, 3.63) is 22.7 Å². The number of nitrogens with zero attached hydrogens (tertiary/aromatic N) is 2. The molecule has 4 nitrogen and oxygen atoms in total. The van der Waals surface area contributed by atoms with Gasteiger partial charge in [-0.25, -0.2) is 14.8 Å². The molecule has 0 saturated carbocycles. The van der Waals surface area contributed by atoms with Gasteiger partial charge < -0.3 is 4.74 Å². The molecule has 1 aromatic heterocycles. The fraction of sp³-hybridized carbons (Fsp3) is 0.375. The molecular formula is C8H9ClN2O2. The van der Waals surface area contributed by atoms with Crippen molar-refractivity contribution in [2.45, 2.75) is 13.8 Å². The summed E-state index contributed by atoms with van der Waals surface area (Å²) in [6.07, 6.45) is 1.24. The number of rotatable bonds is 2. The zero-order valence-electron chi connectivity index (χ0n) is 7.37. The smallest absolute Gasteiger partial charge is 0.357 e. The molecule has 1 heterocycles. The molecule has 0 fully saturated rings. The minimum atomic E-state index is -0.468. The van der Waals surface area contributed by atoms with E-state index in [0.717, 1.165) is 0 Å². The third-order valence-electron chi connectivity index (χ3n) is 1.49. The van der Waals surface area contributed by atoms with E-state index in [4.69, 9.17) is 16.3 Å². The minimum absolute atomic E-state index is 0.224. The van der Waals surface area contributed by atoms with Crippen LogP contribution in [0.3, 0.4) is 0 Å². The summed E-state index contributed by atoms with van der Waals surface area (Å²) in [6.45, 7) is 3.73. The number of halogens is 1. The molecule has 0 bridgehead atoms. The maximum absolute atomic E-state index is 11.2. The van der Waals surface area contributed by atoms with Gasteiger partial charge in [-0.3, -0.25) is 0 Å². The lowest BCUT2D eigenvalue weighted by atomic mass is 10.2. The molecule has 5 heteroatoms. The van der Waals surface area contributed by atoms with Crippen LogP contribution in [0.2, 0.25) is 5.15 Å². The van der Waals surface area contributed by atoms with Gasteiger partial charge in [0.1, 0.15) is 11.5 Å². The Labute approximate surface area is 80.9 Å². The highest BCUT2D eigenvalue weighted by atomic mass is 35.5. The highest BCUT2D eigenvalue weighted by molar-refractivity contribution is 6.30. The van der Waals surface area contributed by atoms with E-state index >= 15 is 0 Å². The van der Waals surface area contributed by atoms with Crippen LogP contribution in [0.15, 0.2) is 6.33 Å². The van der Waals surface area contributed by atoms with Gasteiger partial charge in [0, 0.05) is 5.56 Å². The van der Waals surface area contributed by atoms with Crippen molar-refractivity contribution in [2.75, 3.05) is 6.61 Å². The van der Waals surface area contributed by atoms with Gasteiger partial charge in [-0.15, -0.1) is 0 Å². The maximum atomic E-state index is 11.2. The number of aromatic nitrogens is 2. The van der Waals surface area contributed by atoms with Crippen molar-refractivity contribution in [2.24, 2.45) is 0 Å². The zero-order chi connectivity index (χ0) is 9.84. The first-order valence-electron chi connectivity index (χ1n) is 3.81. The van der Waals surface area contributed by atoms with E-state index < -0.39 is 5.97 Å². The van der Waals surface area contributed by atoms with Crippen molar-refractivity contribution in [1.82, 2.24) is 9.97 Å². The van der Waals surface area contributed by atoms with Crippen molar-refractivity contribution in [3.8, 4) is 0 Å². The summed E-state index contributed by atoms with van der Waals surface area (Å²) in [6, 6.07) is 0. The Hall–Kier alpha value is -1.16. The van der Waals surface area contributed by atoms with Gasteiger partial charge in [0.05, 0.1) is 6.61 Å². The first kappa shape index (κ1) is 9.92. The predicted octanol–water partition coefficient (Wildman–Crippen LogP) is 1.62. The standard InChI is InChI=1S/C8H9ClN2O2/c1-3-13-8(12)6-5(2)7(9)11-4-10-6/h4H,3H2,1-2H3. The zero-order valence-corrected chi connectivity index (χ0v) is 8.13. The highest BCUT2D eigenvalue weighted by Gasteiger charge is 2.13. The molecule has 0 radical (unpaired) electrons. The second kappa shape index (κ2) is 4.18. The van der Waals surface area contributed by atoms with E-state index in [1.54, 1.807) is 13.8 Å². The Morgan fingerprint density at radius 3 is 2.92 bits per heavy atom. The lowest BCUT2D eigenvalue weighted by Gasteiger charge is -2.03. The van der Waals surface area contributed by atoms with E-state index in [1.807, 2.05) is 0 Å². The summed E-state index contributed by atoms with van der Waals surface area (Å²) in [5.41, 5.74) is 0.768. The summed E-state index contributed by atoms with van der Waals surface area (Å²) in [7, 11) is 0. The monoisotopic (exact) mass is 200 g/mol. The van der Waals surface area contributed by atoms with Gasteiger partial charge in [-0.05, 0) is 13.8 Å². The van der Waals surface area contributed by atoms with Crippen LogP contribution < -0.4 is 0 Å². The van der Waals surface area contributed by atoms with Crippen LogP contribution in [-0.2, 0) is 4.74 Å². The van der Waals surface area contributed by atoms with E-state index in [-0.39, 0.29) is 10.8 Å². The van der Waals surface area contributed by atoms with Gasteiger partial charge in [-0.1, -0.05) is 11.6 Å². The first-order valence-corrected chi connectivity index (χ1v) is 4.18. The quantitative estimate of drug-likeness (QED) is 0.538. The van der Waals surface area contributed by atoms with Gasteiger partial charge >= 0.3 is 5.97 Å². The Morgan fingerprint density at radius 1 is 1.62 bits per heavy atom. The summed E-state index contributed by atoms with van der Waals surface area (Å²) < 4.78 is 4.78. The molecule has 0 unspecified atom stereocenters. The Balaban J connectivity index is 3.01. The number of hydrogen-bond donors (Lipinski definition) is 0. The van der Waals surface area contributed by atoms with Crippen LogP contribution in [0.25, 0.3) is 0 Å². The van der Waals surface area contributed by atoms with Gasteiger partial charge in [0.15, 0.2) is 5.69 Å². The van der Waals surface area contributed by atoms with Crippen LogP contribution >= 0.6 is 11.6 Å². The largest absolute Gasteiger partial charge is 0.461 e. The molecule has 70 valence electrons. The average Bonchev–Trinajstić information content (AvgIpc) is 2.10. The van der Waals surface area contributed by atoms with E-state index in [1.165, 1.54) is 6.33 Å². The van der Waals surface area contributed by atoms with Crippen LogP contribution in [0.5, 0.6) is 0 Å². The SMILES string of the molecule is CCOC(=O)c1ncnc(Cl)c1C. The maximum Gasteiger partial charge on any atom is 0.357 e. The van der Waals surface area contributed by atoms with Crippen molar-refractivity contribution >= 4 is 17.6 Å². The predicted molar refractivity (Wildman–Crippen MR) is 47.7 cm³/mol. The number of esters is 1. The van der Waals surface area contributed by atoms with E-state index in [9.17, 15) is 4.79 Å². The number of hydrogen-bond acceptors (Lipinski definition) is 4.